The number of carbonyl (C=O) groups excluding carboxylic acids is 1. The predicted octanol–water partition coefficient (Wildman–Crippen LogP) is 2.10. The summed E-state index contributed by atoms with van der Waals surface area (Å²) in [5.41, 5.74) is 2.43. The van der Waals surface area contributed by atoms with Crippen molar-refractivity contribution in [1.82, 2.24) is 20.0 Å². The van der Waals surface area contributed by atoms with Crippen molar-refractivity contribution >= 4 is 18.3 Å². The summed E-state index contributed by atoms with van der Waals surface area (Å²) >= 11 is 0. The van der Waals surface area contributed by atoms with E-state index in [2.05, 4.69) is 10.4 Å². The first-order valence-electron chi connectivity index (χ1n) is 7.39. The van der Waals surface area contributed by atoms with E-state index in [9.17, 15) is 9.18 Å². The Kier molecular flexibility index (Phi) is 5.38. The van der Waals surface area contributed by atoms with Crippen LogP contribution in [0.3, 0.4) is 0 Å². The number of nitrogens with zero attached hydrogens (tertiary/aromatic N) is 3. The lowest BCUT2D eigenvalue weighted by Crippen LogP contribution is -2.46. The second kappa shape index (κ2) is 7.10. The average Bonchev–Trinajstić information content (AvgIpc) is 2.85. The van der Waals surface area contributed by atoms with Crippen molar-refractivity contribution < 1.29 is 9.18 Å². The second-order valence-corrected chi connectivity index (χ2v) is 5.55. The highest BCUT2D eigenvalue weighted by atomic mass is 35.5. The van der Waals surface area contributed by atoms with Crippen molar-refractivity contribution in [3.8, 4) is 5.69 Å². The second-order valence-electron chi connectivity index (χ2n) is 5.55. The van der Waals surface area contributed by atoms with Crippen LogP contribution in [0, 0.1) is 19.7 Å². The summed E-state index contributed by atoms with van der Waals surface area (Å²) in [5, 5.41) is 7.47. The summed E-state index contributed by atoms with van der Waals surface area (Å²) in [7, 11) is 0. The number of hydrogen-bond donors (Lipinski definition) is 1. The highest BCUT2D eigenvalue weighted by Crippen LogP contribution is 2.18. The standard InChI is InChI=1S/C16H19FN4O.ClH/c1-11-9-12(2)21(19-11)15-4-3-13(10-14(15)17)16(22)20-7-5-18-6-8-20;/h3-4,9-10,18H,5-8H2,1-2H3;1H. The van der Waals surface area contributed by atoms with Gasteiger partial charge in [0.05, 0.1) is 5.69 Å². The van der Waals surface area contributed by atoms with Gasteiger partial charge in [0.2, 0.25) is 0 Å². The summed E-state index contributed by atoms with van der Waals surface area (Å²) in [4.78, 5) is 14.1. The van der Waals surface area contributed by atoms with Gasteiger partial charge in [-0.25, -0.2) is 9.07 Å². The Morgan fingerprint density at radius 1 is 1.22 bits per heavy atom. The van der Waals surface area contributed by atoms with E-state index in [1.807, 2.05) is 19.9 Å². The average molecular weight is 339 g/mol. The minimum atomic E-state index is -0.438. The van der Waals surface area contributed by atoms with Crippen LogP contribution < -0.4 is 5.32 Å². The molecule has 2 heterocycles. The van der Waals surface area contributed by atoms with E-state index in [0.29, 0.717) is 24.3 Å². The summed E-state index contributed by atoms with van der Waals surface area (Å²) in [6.45, 7) is 6.60. The number of aryl methyl sites for hydroxylation is 2. The highest BCUT2D eigenvalue weighted by molar-refractivity contribution is 5.94. The molecule has 124 valence electrons. The minimum Gasteiger partial charge on any atom is -0.336 e. The minimum absolute atomic E-state index is 0. The van der Waals surface area contributed by atoms with Crippen LogP contribution in [0.1, 0.15) is 21.7 Å². The Bertz CT molecular complexity index is 710. The van der Waals surface area contributed by atoms with Gasteiger partial charge in [0, 0.05) is 37.4 Å². The number of aromatic nitrogens is 2. The first-order chi connectivity index (χ1) is 10.6. The van der Waals surface area contributed by atoms with E-state index in [4.69, 9.17) is 0 Å². The van der Waals surface area contributed by atoms with E-state index in [-0.39, 0.29) is 18.3 Å². The van der Waals surface area contributed by atoms with Gasteiger partial charge >= 0.3 is 0 Å². The number of hydrogen-bond acceptors (Lipinski definition) is 3. The van der Waals surface area contributed by atoms with Crippen LogP contribution in [-0.2, 0) is 0 Å². The van der Waals surface area contributed by atoms with E-state index in [0.717, 1.165) is 24.5 Å². The number of halogens is 2. The molecule has 1 aliphatic heterocycles. The van der Waals surface area contributed by atoms with Gasteiger partial charge in [-0.3, -0.25) is 4.79 Å². The number of rotatable bonds is 2. The summed E-state index contributed by atoms with van der Waals surface area (Å²) < 4.78 is 16.0. The van der Waals surface area contributed by atoms with Gasteiger partial charge < -0.3 is 10.2 Å². The molecule has 7 heteroatoms. The maximum atomic E-state index is 14.4. The van der Waals surface area contributed by atoms with Gasteiger partial charge in [-0.1, -0.05) is 0 Å². The van der Waals surface area contributed by atoms with E-state index in [1.165, 1.54) is 6.07 Å². The lowest BCUT2D eigenvalue weighted by molar-refractivity contribution is 0.0735. The smallest absolute Gasteiger partial charge is 0.254 e. The van der Waals surface area contributed by atoms with Crippen molar-refractivity contribution in [2.24, 2.45) is 0 Å². The number of benzene rings is 1. The SMILES string of the molecule is Cc1cc(C)n(-c2ccc(C(=O)N3CCNCC3)cc2F)n1.Cl. The van der Waals surface area contributed by atoms with E-state index in [1.54, 1.807) is 21.7 Å². The van der Waals surface area contributed by atoms with Crippen molar-refractivity contribution in [1.29, 1.82) is 0 Å². The Balaban J connectivity index is 0.00000192. The molecule has 1 fully saturated rings. The van der Waals surface area contributed by atoms with Crippen LogP contribution in [0.15, 0.2) is 24.3 Å². The quantitative estimate of drug-likeness (QED) is 0.912. The number of amides is 1. The molecule has 0 radical (unpaired) electrons. The van der Waals surface area contributed by atoms with Gasteiger partial charge in [-0.05, 0) is 38.1 Å². The molecule has 1 saturated heterocycles. The molecule has 1 amide bonds. The third-order valence-electron chi connectivity index (χ3n) is 3.84. The molecule has 0 bridgehead atoms. The van der Waals surface area contributed by atoms with E-state index >= 15 is 0 Å². The van der Waals surface area contributed by atoms with Crippen molar-refractivity contribution in [3.05, 3.63) is 47.0 Å². The molecule has 1 N–H and O–H groups in total. The Morgan fingerprint density at radius 2 is 1.91 bits per heavy atom. The van der Waals surface area contributed by atoms with Gasteiger partial charge in [0.25, 0.3) is 5.91 Å². The Hall–Kier alpha value is -1.92. The van der Waals surface area contributed by atoms with Crippen LogP contribution >= 0.6 is 12.4 Å². The summed E-state index contributed by atoms with van der Waals surface area (Å²) in [6.07, 6.45) is 0. The van der Waals surface area contributed by atoms with Crippen molar-refractivity contribution in [2.45, 2.75) is 13.8 Å². The largest absolute Gasteiger partial charge is 0.336 e. The maximum absolute atomic E-state index is 14.4. The fourth-order valence-corrected chi connectivity index (χ4v) is 2.73. The first kappa shape index (κ1) is 17.4. The lowest BCUT2D eigenvalue weighted by atomic mass is 10.1. The molecule has 5 nitrogen and oxygen atoms in total. The molecule has 0 unspecified atom stereocenters. The van der Waals surface area contributed by atoms with Gasteiger partial charge in [0.1, 0.15) is 11.5 Å². The molecule has 23 heavy (non-hydrogen) atoms. The highest BCUT2D eigenvalue weighted by Gasteiger charge is 2.19. The molecule has 0 aliphatic carbocycles. The molecule has 0 atom stereocenters. The van der Waals surface area contributed by atoms with E-state index < -0.39 is 5.82 Å². The Labute approximate surface area is 140 Å². The maximum Gasteiger partial charge on any atom is 0.254 e. The molecule has 0 saturated carbocycles. The van der Waals surface area contributed by atoms with Crippen LogP contribution in [0.5, 0.6) is 0 Å². The molecular weight excluding hydrogens is 319 g/mol. The van der Waals surface area contributed by atoms with Crippen LogP contribution in [0.25, 0.3) is 5.69 Å². The van der Waals surface area contributed by atoms with Crippen LogP contribution in [-0.4, -0.2) is 46.8 Å². The monoisotopic (exact) mass is 338 g/mol. The lowest BCUT2D eigenvalue weighted by Gasteiger charge is -2.27. The topological polar surface area (TPSA) is 50.2 Å². The van der Waals surface area contributed by atoms with Gasteiger partial charge in [-0.15, -0.1) is 12.4 Å². The van der Waals surface area contributed by atoms with Crippen molar-refractivity contribution in [3.63, 3.8) is 0 Å². The predicted molar refractivity (Wildman–Crippen MR) is 89.0 cm³/mol. The zero-order valence-electron chi connectivity index (χ0n) is 13.2. The molecule has 1 aromatic carbocycles. The zero-order valence-corrected chi connectivity index (χ0v) is 14.0. The molecular formula is C16H20ClFN4O. The number of piperazine rings is 1. The zero-order chi connectivity index (χ0) is 15.7. The molecule has 1 aromatic heterocycles. The summed E-state index contributed by atoms with van der Waals surface area (Å²) in [6, 6.07) is 6.47. The van der Waals surface area contributed by atoms with Gasteiger partial charge in [-0.2, -0.15) is 5.10 Å². The summed E-state index contributed by atoms with van der Waals surface area (Å²) in [5.74, 6) is -0.562. The molecule has 3 rings (SSSR count). The van der Waals surface area contributed by atoms with Crippen LogP contribution in [0.2, 0.25) is 0 Å². The Morgan fingerprint density at radius 3 is 2.48 bits per heavy atom. The molecule has 2 aromatic rings. The number of carbonyl (C=O) groups is 1. The van der Waals surface area contributed by atoms with Gasteiger partial charge in [0.15, 0.2) is 0 Å². The van der Waals surface area contributed by atoms with Crippen LogP contribution in [0.4, 0.5) is 4.39 Å². The third-order valence-corrected chi connectivity index (χ3v) is 3.84. The number of nitrogens with one attached hydrogen (secondary N) is 1. The fourth-order valence-electron chi connectivity index (χ4n) is 2.73. The fraction of sp³-hybridized carbons (Fsp3) is 0.375. The molecule has 0 spiro atoms. The third kappa shape index (κ3) is 3.54. The molecule has 1 aliphatic rings. The van der Waals surface area contributed by atoms with Crippen molar-refractivity contribution in [2.75, 3.05) is 26.2 Å². The normalized spacial score (nSPS) is 14.5. The first-order valence-corrected chi connectivity index (χ1v) is 7.39.